The fraction of sp³-hybridized carbons (Fsp3) is 1.00. The van der Waals surface area contributed by atoms with Gasteiger partial charge in [0.25, 0.3) is 0 Å². The van der Waals surface area contributed by atoms with E-state index in [4.69, 9.17) is 0 Å². The van der Waals surface area contributed by atoms with E-state index in [-0.39, 0.29) is 5.60 Å². The average molecular weight is 404 g/mol. The van der Waals surface area contributed by atoms with Gasteiger partial charge in [-0.25, -0.2) is 0 Å². The molecule has 0 amide bonds. The van der Waals surface area contributed by atoms with E-state index >= 15 is 0 Å². The van der Waals surface area contributed by atoms with E-state index in [1.54, 1.807) is 0 Å². The van der Waals surface area contributed by atoms with E-state index in [1.807, 2.05) is 0 Å². The van der Waals surface area contributed by atoms with Crippen LogP contribution in [0, 0.1) is 5.92 Å². The summed E-state index contributed by atoms with van der Waals surface area (Å²) >= 11 is 5.24. The Bertz CT molecular complexity index is 215. The van der Waals surface area contributed by atoms with Crippen LogP contribution in [0.3, 0.4) is 0 Å². The van der Waals surface area contributed by atoms with Gasteiger partial charge in [0.1, 0.15) is 0 Å². The number of hydrogen-bond acceptors (Lipinski definition) is 1. The molecule has 0 radical (unpaired) electrons. The average Bonchev–Trinajstić information content (AvgIpc) is 1.71. The lowest BCUT2D eigenvalue weighted by Gasteiger charge is -2.61. The summed E-state index contributed by atoms with van der Waals surface area (Å²) in [6.07, 6.45) is 7.26. The highest BCUT2D eigenvalue weighted by Gasteiger charge is 2.61. The molecule has 0 aliphatic heterocycles. The van der Waals surface area contributed by atoms with Gasteiger partial charge in [0, 0.05) is 6.84 Å². The van der Waals surface area contributed by atoms with Crippen LogP contribution in [0.2, 0.25) is 0 Å². The topological polar surface area (TPSA) is 20.2 Å². The minimum Gasteiger partial charge on any atom is -0.390 e. The Morgan fingerprint density at radius 3 is 1.85 bits per heavy atom. The molecule has 0 spiro atoms. The fourth-order valence-electron chi connectivity index (χ4n) is 4.16. The Kier molecular flexibility index (Phi) is 1.90. The largest absolute Gasteiger partial charge is 0.390 e. The van der Waals surface area contributed by atoms with Gasteiger partial charge in [-0.1, -0.05) is 45.2 Å². The Labute approximate surface area is 106 Å². The third-order valence-electron chi connectivity index (χ3n) is 3.90. The predicted molar refractivity (Wildman–Crippen MR) is 69.6 cm³/mol. The molecule has 0 aromatic rings. The molecule has 0 heterocycles. The van der Waals surface area contributed by atoms with Crippen molar-refractivity contribution in [2.75, 3.05) is 0 Å². The van der Waals surface area contributed by atoms with Crippen LogP contribution in [0.4, 0.5) is 0 Å². The van der Waals surface area contributed by atoms with Gasteiger partial charge in [-0.15, -0.1) is 0 Å². The van der Waals surface area contributed by atoms with Crippen molar-refractivity contribution in [3.8, 4) is 0 Å². The third-order valence-corrected chi connectivity index (χ3v) is 6.31. The second-order valence-corrected chi connectivity index (χ2v) is 10.1. The normalized spacial score (nSPS) is 64.4. The van der Waals surface area contributed by atoms with Crippen molar-refractivity contribution in [1.29, 1.82) is 0 Å². The van der Waals surface area contributed by atoms with Gasteiger partial charge in [-0.3, -0.25) is 0 Å². The zero-order valence-electron chi connectivity index (χ0n) is 7.52. The fourth-order valence-corrected chi connectivity index (χ4v) is 9.01. The summed E-state index contributed by atoms with van der Waals surface area (Å²) < 4.78 is 0.875. The SMILES string of the molecule is OC12CC3CC(I)(C1)CC(I)(C3)C2. The van der Waals surface area contributed by atoms with Crippen LogP contribution >= 0.6 is 45.2 Å². The van der Waals surface area contributed by atoms with Crippen LogP contribution in [0.5, 0.6) is 0 Å². The zero-order chi connectivity index (χ0) is 9.32. The minimum absolute atomic E-state index is 0.290. The van der Waals surface area contributed by atoms with Crippen molar-refractivity contribution < 1.29 is 5.11 Å². The minimum atomic E-state index is -0.290. The van der Waals surface area contributed by atoms with Crippen molar-refractivity contribution in [1.82, 2.24) is 0 Å². The van der Waals surface area contributed by atoms with Gasteiger partial charge in [0.05, 0.1) is 5.60 Å². The highest BCUT2D eigenvalue weighted by Crippen LogP contribution is 2.65. The Hall–Kier alpha value is 1.42. The summed E-state index contributed by atoms with van der Waals surface area (Å²) in [6.45, 7) is 0. The van der Waals surface area contributed by atoms with E-state index < -0.39 is 0 Å². The van der Waals surface area contributed by atoms with Crippen LogP contribution in [0.15, 0.2) is 0 Å². The molecule has 4 fully saturated rings. The van der Waals surface area contributed by atoms with Crippen LogP contribution in [-0.2, 0) is 0 Å². The third kappa shape index (κ3) is 1.48. The molecular weight excluding hydrogens is 390 g/mol. The van der Waals surface area contributed by atoms with Crippen molar-refractivity contribution >= 4 is 45.2 Å². The second-order valence-electron chi connectivity index (χ2n) is 5.53. The smallest absolute Gasteiger partial charge is 0.0675 e. The summed E-state index contributed by atoms with van der Waals surface area (Å²) in [6, 6.07) is 0. The van der Waals surface area contributed by atoms with Gasteiger partial charge >= 0.3 is 0 Å². The lowest BCUT2D eigenvalue weighted by molar-refractivity contribution is -0.0957. The van der Waals surface area contributed by atoms with E-state index in [9.17, 15) is 5.11 Å². The van der Waals surface area contributed by atoms with E-state index in [0.717, 1.165) is 25.2 Å². The molecule has 1 nitrogen and oxygen atoms in total. The molecule has 0 saturated heterocycles. The van der Waals surface area contributed by atoms with Gasteiger partial charge in [-0.05, 0) is 44.4 Å². The maximum Gasteiger partial charge on any atom is 0.0675 e. The summed E-state index contributed by atoms with van der Waals surface area (Å²) in [4.78, 5) is 0. The molecule has 4 bridgehead atoms. The number of alkyl halides is 2. The first kappa shape index (κ1) is 9.63. The van der Waals surface area contributed by atoms with Crippen LogP contribution < -0.4 is 0 Å². The monoisotopic (exact) mass is 404 g/mol. The van der Waals surface area contributed by atoms with E-state index in [0.29, 0.717) is 6.84 Å². The van der Waals surface area contributed by atoms with Gasteiger partial charge in [0.15, 0.2) is 0 Å². The van der Waals surface area contributed by atoms with Crippen LogP contribution in [-0.4, -0.2) is 17.6 Å². The van der Waals surface area contributed by atoms with Crippen molar-refractivity contribution in [3.05, 3.63) is 0 Å². The molecular formula is C10H14I2O. The number of rotatable bonds is 0. The van der Waals surface area contributed by atoms with Crippen LogP contribution in [0.25, 0.3) is 0 Å². The highest BCUT2D eigenvalue weighted by molar-refractivity contribution is 14.1. The van der Waals surface area contributed by atoms with Crippen LogP contribution in [0.1, 0.15) is 38.5 Å². The van der Waals surface area contributed by atoms with E-state index in [1.165, 1.54) is 19.3 Å². The summed E-state index contributed by atoms with van der Waals surface area (Å²) in [5.74, 6) is 0.815. The molecule has 4 aliphatic carbocycles. The quantitative estimate of drug-likeness (QED) is 0.487. The first-order valence-corrected chi connectivity index (χ1v) is 7.17. The standard InChI is InChI=1S/C10H14I2O/c11-8-1-7-2-9(12,4-8)6-10(13,3-7)5-8/h7,13H,1-6H2. The molecule has 0 aromatic carbocycles. The van der Waals surface area contributed by atoms with Gasteiger partial charge in [0.2, 0.25) is 0 Å². The predicted octanol–water partition coefficient (Wildman–Crippen LogP) is 3.06. The van der Waals surface area contributed by atoms with Crippen molar-refractivity contribution in [3.63, 3.8) is 0 Å². The summed E-state index contributed by atoms with van der Waals surface area (Å²) in [5, 5.41) is 10.4. The number of halogens is 2. The molecule has 4 aliphatic rings. The molecule has 2 atom stereocenters. The molecule has 1 N–H and O–H groups in total. The Morgan fingerprint density at radius 2 is 1.46 bits per heavy atom. The van der Waals surface area contributed by atoms with Gasteiger partial charge < -0.3 is 5.11 Å². The number of aliphatic hydroxyl groups is 1. The van der Waals surface area contributed by atoms with Crippen molar-refractivity contribution in [2.24, 2.45) is 5.92 Å². The molecule has 13 heavy (non-hydrogen) atoms. The zero-order valence-corrected chi connectivity index (χ0v) is 11.8. The maximum absolute atomic E-state index is 10.4. The molecule has 2 unspecified atom stereocenters. The molecule has 3 heteroatoms. The highest BCUT2D eigenvalue weighted by atomic mass is 127. The van der Waals surface area contributed by atoms with Crippen molar-refractivity contribution in [2.45, 2.75) is 51.0 Å². The first-order chi connectivity index (χ1) is 5.91. The first-order valence-electron chi connectivity index (χ1n) is 5.01. The second kappa shape index (κ2) is 2.56. The summed E-state index contributed by atoms with van der Waals surface area (Å²) in [5.41, 5.74) is -0.290. The molecule has 74 valence electrons. The Morgan fingerprint density at radius 1 is 0.923 bits per heavy atom. The lowest BCUT2D eigenvalue weighted by Crippen LogP contribution is -2.61. The number of hydrogen-bond donors (Lipinski definition) is 1. The maximum atomic E-state index is 10.4. The van der Waals surface area contributed by atoms with E-state index in [2.05, 4.69) is 45.2 Å². The molecule has 0 aromatic heterocycles. The molecule has 4 saturated carbocycles. The Balaban J connectivity index is 2.03. The molecule has 4 rings (SSSR count). The lowest BCUT2D eigenvalue weighted by atomic mass is 9.54. The van der Waals surface area contributed by atoms with Gasteiger partial charge in [-0.2, -0.15) is 0 Å². The summed E-state index contributed by atoms with van der Waals surface area (Å²) in [7, 11) is 0.